The van der Waals surface area contributed by atoms with Gasteiger partial charge < -0.3 is 25.4 Å². The number of phenols is 1. The Bertz CT molecular complexity index is 1700. The molecule has 12 heteroatoms. The number of aromatic nitrogens is 2. The van der Waals surface area contributed by atoms with Crippen LogP contribution < -0.4 is 15.8 Å². The highest BCUT2D eigenvalue weighted by molar-refractivity contribution is 7.79. The van der Waals surface area contributed by atoms with Gasteiger partial charge in [0.2, 0.25) is 0 Å². The van der Waals surface area contributed by atoms with Crippen LogP contribution >= 0.6 is 22.9 Å². The summed E-state index contributed by atoms with van der Waals surface area (Å²) in [4.78, 5) is 9.29. The standard InChI is InChI=1S/C16H12ClFN2S.C14H16N2O4S/c17-12-9-11(6-7-13(12)18)15-14(21-16(19)20-15)8-10-4-2-1-3-5-10;1-9-6-11(8-16-14(9)21(18)19)15-7-10-4-3-5-12(20-2)13(10)17/h1-7,9H,8H2,(H2,19,20);3-6,8,15,17H,7H2,1-2H3,(H,18,19)/p-1. The van der Waals surface area contributed by atoms with E-state index in [9.17, 15) is 18.3 Å². The Morgan fingerprint density at radius 3 is 2.57 bits per heavy atom. The molecule has 0 bridgehead atoms. The second-order valence-electron chi connectivity index (χ2n) is 9.02. The third kappa shape index (κ3) is 7.83. The fraction of sp³-hybridized carbons (Fsp3) is 0.133. The summed E-state index contributed by atoms with van der Waals surface area (Å²) in [6, 6.07) is 21.6. The summed E-state index contributed by atoms with van der Waals surface area (Å²) in [6.45, 7) is 2.04. The van der Waals surface area contributed by atoms with Gasteiger partial charge in [0, 0.05) is 29.0 Å². The number of nitrogen functional groups attached to an aromatic ring is 1. The number of halogens is 2. The van der Waals surface area contributed by atoms with Crippen LogP contribution in [0.5, 0.6) is 11.5 Å². The zero-order valence-electron chi connectivity index (χ0n) is 22.6. The molecule has 42 heavy (non-hydrogen) atoms. The van der Waals surface area contributed by atoms with Crippen molar-refractivity contribution in [2.24, 2.45) is 0 Å². The smallest absolute Gasteiger partial charge is 0.180 e. The van der Waals surface area contributed by atoms with Gasteiger partial charge in [-0.05, 0) is 59.5 Å². The molecule has 218 valence electrons. The van der Waals surface area contributed by atoms with Crippen molar-refractivity contribution in [3.8, 4) is 22.8 Å². The fourth-order valence-corrected chi connectivity index (χ4v) is 5.58. The van der Waals surface area contributed by atoms with Gasteiger partial charge in [-0.2, -0.15) is 0 Å². The van der Waals surface area contributed by atoms with Crippen LogP contribution in [-0.4, -0.2) is 30.9 Å². The van der Waals surface area contributed by atoms with E-state index in [0.29, 0.717) is 34.2 Å². The molecule has 5 rings (SSSR count). The molecule has 3 aromatic carbocycles. The Hall–Kier alpha value is -4.03. The van der Waals surface area contributed by atoms with E-state index in [-0.39, 0.29) is 15.8 Å². The number of thiazole rings is 1. The minimum Gasteiger partial charge on any atom is -0.767 e. The van der Waals surface area contributed by atoms with Crippen LogP contribution in [0.15, 0.2) is 84.0 Å². The molecule has 0 amide bonds. The largest absolute Gasteiger partial charge is 0.767 e. The summed E-state index contributed by atoms with van der Waals surface area (Å²) in [6.07, 6.45) is 2.18. The number of rotatable bonds is 8. The third-order valence-electron chi connectivity index (χ3n) is 6.09. The summed E-state index contributed by atoms with van der Waals surface area (Å²) in [5, 5.41) is 13.7. The van der Waals surface area contributed by atoms with E-state index in [0.717, 1.165) is 22.6 Å². The Kier molecular flexibility index (Phi) is 10.5. The lowest BCUT2D eigenvalue weighted by Gasteiger charge is -2.12. The number of methoxy groups -OCH3 is 1. The fourth-order valence-electron chi connectivity index (χ4n) is 4.05. The van der Waals surface area contributed by atoms with E-state index in [2.05, 4.69) is 27.4 Å². The first kappa shape index (κ1) is 30.9. The molecule has 1 atom stereocenters. The zero-order chi connectivity index (χ0) is 30.2. The first-order chi connectivity index (χ1) is 20.2. The number of phenolic OH excluding ortho intramolecular Hbond substituents is 1. The van der Waals surface area contributed by atoms with E-state index in [4.69, 9.17) is 22.1 Å². The lowest BCUT2D eigenvalue weighted by molar-refractivity contribution is 0.371. The summed E-state index contributed by atoms with van der Waals surface area (Å²) >= 11 is 4.95. The second-order valence-corrected chi connectivity index (χ2v) is 11.4. The molecule has 0 aliphatic heterocycles. The summed E-state index contributed by atoms with van der Waals surface area (Å²) in [7, 11) is 1.49. The van der Waals surface area contributed by atoms with Crippen molar-refractivity contribution < 1.29 is 23.0 Å². The maximum Gasteiger partial charge on any atom is 0.180 e. The van der Waals surface area contributed by atoms with Crippen LogP contribution in [0.3, 0.4) is 0 Å². The van der Waals surface area contributed by atoms with E-state index in [1.54, 1.807) is 43.3 Å². The van der Waals surface area contributed by atoms with Gasteiger partial charge in [-0.25, -0.2) is 14.4 Å². The average Bonchev–Trinajstić information content (AvgIpc) is 3.34. The highest BCUT2D eigenvalue weighted by atomic mass is 35.5. The van der Waals surface area contributed by atoms with Crippen LogP contribution in [0.2, 0.25) is 5.02 Å². The molecular weight excluding hydrogens is 599 g/mol. The maximum absolute atomic E-state index is 13.3. The monoisotopic (exact) mass is 625 g/mol. The molecule has 0 fully saturated rings. The number of hydrogen-bond acceptors (Lipinski definition) is 9. The molecule has 2 aromatic heterocycles. The van der Waals surface area contributed by atoms with Gasteiger partial charge in [-0.15, -0.1) is 11.3 Å². The molecule has 0 radical (unpaired) electrons. The molecule has 0 aliphatic carbocycles. The molecule has 0 aliphatic rings. The van der Waals surface area contributed by atoms with Gasteiger partial charge in [-0.1, -0.05) is 54.1 Å². The van der Waals surface area contributed by atoms with Crippen molar-refractivity contribution in [1.82, 2.24) is 9.97 Å². The number of pyridine rings is 1. The van der Waals surface area contributed by atoms with Crippen molar-refractivity contribution in [3.63, 3.8) is 0 Å². The Balaban J connectivity index is 0.000000193. The Morgan fingerprint density at radius 2 is 1.90 bits per heavy atom. The number of nitrogens with two attached hydrogens (primary N) is 1. The van der Waals surface area contributed by atoms with Gasteiger partial charge in [0.05, 0.1) is 29.7 Å². The summed E-state index contributed by atoms with van der Waals surface area (Å²) in [5.74, 6) is 0.0448. The number of aromatic hydroxyl groups is 1. The normalized spacial score (nSPS) is 11.4. The van der Waals surface area contributed by atoms with E-state index in [1.807, 2.05) is 18.2 Å². The number of nitrogens with zero attached hydrogens (tertiary/aromatic N) is 2. The zero-order valence-corrected chi connectivity index (χ0v) is 25.0. The molecule has 0 spiro atoms. The molecule has 1 unspecified atom stereocenters. The minimum atomic E-state index is -2.34. The van der Waals surface area contributed by atoms with E-state index in [1.165, 1.54) is 36.3 Å². The number of nitrogens with one attached hydrogen (secondary N) is 1. The third-order valence-corrected chi connectivity index (χ3v) is 8.01. The maximum atomic E-state index is 13.3. The predicted octanol–water partition coefficient (Wildman–Crippen LogP) is 6.73. The lowest BCUT2D eigenvalue weighted by Crippen LogP contribution is -2.03. The van der Waals surface area contributed by atoms with Crippen LogP contribution in [0.25, 0.3) is 11.3 Å². The van der Waals surface area contributed by atoms with Gasteiger partial charge in [-0.3, -0.25) is 4.21 Å². The molecular formula is C30H27ClFN4O4S2-. The van der Waals surface area contributed by atoms with Gasteiger partial charge in [0.1, 0.15) is 10.8 Å². The van der Waals surface area contributed by atoms with E-state index >= 15 is 0 Å². The summed E-state index contributed by atoms with van der Waals surface area (Å²) in [5.41, 5.74) is 10.5. The number of hydrogen-bond donors (Lipinski definition) is 3. The molecule has 5 aromatic rings. The van der Waals surface area contributed by atoms with Gasteiger partial charge in [0.25, 0.3) is 0 Å². The number of benzene rings is 3. The highest BCUT2D eigenvalue weighted by Crippen LogP contribution is 2.33. The van der Waals surface area contributed by atoms with Crippen LogP contribution in [0.1, 0.15) is 21.6 Å². The number of aryl methyl sites for hydroxylation is 1. The van der Waals surface area contributed by atoms with Crippen molar-refractivity contribution in [2.45, 2.75) is 24.9 Å². The first-order valence-corrected chi connectivity index (χ1v) is 14.8. The first-order valence-electron chi connectivity index (χ1n) is 12.6. The van der Waals surface area contributed by atoms with Crippen molar-refractivity contribution in [2.75, 3.05) is 18.2 Å². The Labute approximate surface area is 254 Å². The predicted molar refractivity (Wildman–Crippen MR) is 164 cm³/mol. The van der Waals surface area contributed by atoms with Gasteiger partial charge in [0.15, 0.2) is 16.6 Å². The lowest BCUT2D eigenvalue weighted by atomic mass is 10.1. The van der Waals surface area contributed by atoms with E-state index < -0.39 is 16.9 Å². The van der Waals surface area contributed by atoms with Gasteiger partial charge >= 0.3 is 0 Å². The Morgan fingerprint density at radius 1 is 1.14 bits per heavy atom. The van der Waals surface area contributed by atoms with Crippen LogP contribution in [-0.2, 0) is 24.0 Å². The second kappa shape index (κ2) is 14.2. The molecule has 8 nitrogen and oxygen atoms in total. The van der Waals surface area contributed by atoms with Crippen molar-refractivity contribution >= 4 is 44.8 Å². The highest BCUT2D eigenvalue weighted by Gasteiger charge is 2.14. The number of para-hydroxylation sites is 1. The molecule has 0 saturated carbocycles. The average molecular weight is 626 g/mol. The molecule has 0 saturated heterocycles. The summed E-state index contributed by atoms with van der Waals surface area (Å²) < 4.78 is 40.1. The number of anilines is 2. The van der Waals surface area contributed by atoms with Crippen molar-refractivity contribution in [1.29, 1.82) is 0 Å². The topological polar surface area (TPSA) is 133 Å². The quantitative estimate of drug-likeness (QED) is 0.162. The van der Waals surface area contributed by atoms with Crippen molar-refractivity contribution in [3.05, 3.63) is 111 Å². The molecule has 4 N–H and O–H groups in total. The van der Waals surface area contributed by atoms with Crippen LogP contribution in [0.4, 0.5) is 15.2 Å². The minimum absolute atomic E-state index is 0.0322. The van der Waals surface area contributed by atoms with Crippen LogP contribution in [0, 0.1) is 12.7 Å². The molecule has 2 heterocycles. The SMILES string of the molecule is COc1cccc(CNc2cnc(S(=O)[O-])c(C)c2)c1O.Nc1nc(-c2ccc(F)c(Cl)c2)c(Cc2ccccc2)s1. The number of ether oxygens (including phenoxy) is 1.